The maximum absolute atomic E-state index is 5.63. The van der Waals surface area contributed by atoms with E-state index in [2.05, 4.69) is 67.4 Å². The Morgan fingerprint density at radius 3 is 2.48 bits per heavy atom. The number of hydrogen-bond acceptors (Lipinski definition) is 4. The average molecular weight is 514 g/mol. The van der Waals surface area contributed by atoms with Crippen molar-refractivity contribution in [3.63, 3.8) is 0 Å². The Bertz CT molecular complexity index is 751. The molecule has 0 amide bonds. The first-order chi connectivity index (χ1) is 13.3. The van der Waals surface area contributed by atoms with Crippen LogP contribution in [0.15, 0.2) is 39.9 Å². The molecule has 0 saturated heterocycles. The molecule has 0 spiro atoms. The number of benzene rings is 1. The van der Waals surface area contributed by atoms with Crippen molar-refractivity contribution in [1.29, 1.82) is 0 Å². The number of hydrogen-bond donors (Lipinski definition) is 2. The van der Waals surface area contributed by atoms with Crippen molar-refractivity contribution in [1.82, 2.24) is 15.6 Å². The van der Waals surface area contributed by atoms with E-state index in [-0.39, 0.29) is 35.5 Å². The predicted molar refractivity (Wildman–Crippen MR) is 130 cm³/mol. The van der Waals surface area contributed by atoms with Crippen LogP contribution in [0.5, 0.6) is 0 Å². The van der Waals surface area contributed by atoms with Gasteiger partial charge in [0.25, 0.3) is 0 Å². The standard InChI is InChI=1S/C22H34N4O2.HI/c1-7-23-21(25-14-19(27-6)22(3,4)5)24-13-12-18-15-28-20(26-18)17-10-8-16(2)9-11-17;/h8-11,15,19H,7,12-14H2,1-6H3,(H2,23,24,25);1H. The van der Waals surface area contributed by atoms with E-state index < -0.39 is 0 Å². The Morgan fingerprint density at radius 2 is 1.90 bits per heavy atom. The van der Waals surface area contributed by atoms with Crippen molar-refractivity contribution < 1.29 is 9.15 Å². The molecule has 0 radical (unpaired) electrons. The van der Waals surface area contributed by atoms with Crippen LogP contribution in [0.4, 0.5) is 0 Å². The minimum absolute atomic E-state index is 0. The van der Waals surface area contributed by atoms with Crippen molar-refractivity contribution in [2.24, 2.45) is 10.4 Å². The highest BCUT2D eigenvalue weighted by molar-refractivity contribution is 14.0. The van der Waals surface area contributed by atoms with E-state index in [1.54, 1.807) is 13.4 Å². The molecule has 0 aliphatic carbocycles. The van der Waals surface area contributed by atoms with Crippen molar-refractivity contribution in [3.8, 4) is 11.5 Å². The van der Waals surface area contributed by atoms with Gasteiger partial charge in [0.05, 0.1) is 18.3 Å². The van der Waals surface area contributed by atoms with E-state index in [0.717, 1.165) is 36.7 Å². The summed E-state index contributed by atoms with van der Waals surface area (Å²) in [5.41, 5.74) is 3.18. The smallest absolute Gasteiger partial charge is 0.226 e. The number of ether oxygens (including phenoxy) is 1. The van der Waals surface area contributed by atoms with Crippen LogP contribution in [0, 0.1) is 12.3 Å². The molecule has 0 aliphatic rings. The molecule has 6 nitrogen and oxygen atoms in total. The third kappa shape index (κ3) is 8.34. The maximum atomic E-state index is 5.63. The maximum Gasteiger partial charge on any atom is 0.226 e. The molecule has 0 saturated carbocycles. The molecule has 1 unspecified atom stereocenters. The number of halogens is 1. The summed E-state index contributed by atoms with van der Waals surface area (Å²) in [6, 6.07) is 8.18. The summed E-state index contributed by atoms with van der Waals surface area (Å²) in [4.78, 5) is 9.25. The normalized spacial score (nSPS) is 13.0. The van der Waals surface area contributed by atoms with E-state index >= 15 is 0 Å². The van der Waals surface area contributed by atoms with Gasteiger partial charge in [-0.15, -0.1) is 24.0 Å². The lowest BCUT2D eigenvalue weighted by Gasteiger charge is -2.28. The second-order valence-electron chi connectivity index (χ2n) is 8.00. The second-order valence-corrected chi connectivity index (χ2v) is 8.00. The van der Waals surface area contributed by atoms with Gasteiger partial charge < -0.3 is 19.8 Å². The fourth-order valence-electron chi connectivity index (χ4n) is 2.78. The van der Waals surface area contributed by atoms with Gasteiger partial charge in [-0.2, -0.15) is 0 Å². The highest BCUT2D eigenvalue weighted by Gasteiger charge is 2.24. The first-order valence-electron chi connectivity index (χ1n) is 9.90. The van der Waals surface area contributed by atoms with Crippen molar-refractivity contribution in [2.45, 2.75) is 47.1 Å². The molecule has 1 heterocycles. The zero-order chi connectivity index (χ0) is 20.6. The van der Waals surface area contributed by atoms with Gasteiger partial charge >= 0.3 is 0 Å². The topological polar surface area (TPSA) is 71.7 Å². The molecule has 29 heavy (non-hydrogen) atoms. The Kier molecular flexibility index (Phi) is 10.7. The largest absolute Gasteiger partial charge is 0.444 e. The summed E-state index contributed by atoms with van der Waals surface area (Å²) in [5.74, 6) is 1.44. The SMILES string of the molecule is CCNC(=NCC(OC)C(C)(C)C)NCCc1coc(-c2ccc(C)cc2)n1.I. The summed E-state index contributed by atoms with van der Waals surface area (Å²) in [7, 11) is 1.74. The number of guanidine groups is 1. The van der Waals surface area contributed by atoms with Gasteiger partial charge in [-0.05, 0) is 31.4 Å². The van der Waals surface area contributed by atoms with Gasteiger partial charge in [0, 0.05) is 32.2 Å². The van der Waals surface area contributed by atoms with Crippen LogP contribution >= 0.6 is 24.0 Å². The molecule has 7 heteroatoms. The van der Waals surface area contributed by atoms with E-state index in [9.17, 15) is 0 Å². The lowest BCUT2D eigenvalue weighted by Crippen LogP contribution is -2.40. The number of aliphatic imine (C=N–C) groups is 1. The zero-order valence-corrected chi connectivity index (χ0v) is 20.7. The van der Waals surface area contributed by atoms with Crippen LogP contribution in [0.3, 0.4) is 0 Å². The summed E-state index contributed by atoms with van der Waals surface area (Å²) in [5, 5.41) is 6.63. The molecule has 0 fully saturated rings. The Labute approximate surface area is 191 Å². The molecular weight excluding hydrogens is 479 g/mol. The number of oxazole rings is 1. The lowest BCUT2D eigenvalue weighted by molar-refractivity contribution is 0.0241. The van der Waals surface area contributed by atoms with E-state index in [4.69, 9.17) is 9.15 Å². The van der Waals surface area contributed by atoms with Crippen LogP contribution in [-0.2, 0) is 11.2 Å². The summed E-state index contributed by atoms with van der Waals surface area (Å²) < 4.78 is 11.2. The van der Waals surface area contributed by atoms with Gasteiger partial charge in [0.1, 0.15) is 6.26 Å². The third-order valence-corrected chi connectivity index (χ3v) is 4.53. The first kappa shape index (κ1) is 25.4. The van der Waals surface area contributed by atoms with Gasteiger partial charge in [-0.3, -0.25) is 4.99 Å². The number of aromatic nitrogens is 1. The van der Waals surface area contributed by atoms with E-state index in [0.29, 0.717) is 12.4 Å². The zero-order valence-electron chi connectivity index (χ0n) is 18.4. The number of aryl methyl sites for hydroxylation is 1. The molecular formula is C22H35IN4O2. The first-order valence-corrected chi connectivity index (χ1v) is 9.90. The molecule has 1 aromatic carbocycles. The van der Waals surface area contributed by atoms with Gasteiger partial charge in [0.15, 0.2) is 5.96 Å². The Hall–Kier alpha value is -1.61. The fraction of sp³-hybridized carbons (Fsp3) is 0.545. The molecule has 1 aromatic heterocycles. The Balaban J connectivity index is 0.00000420. The van der Waals surface area contributed by atoms with Crippen molar-refractivity contribution in [3.05, 3.63) is 41.8 Å². The molecule has 0 aliphatic heterocycles. The number of methoxy groups -OCH3 is 1. The predicted octanol–water partition coefficient (Wildman–Crippen LogP) is 4.43. The fourth-order valence-corrected chi connectivity index (χ4v) is 2.78. The van der Waals surface area contributed by atoms with Crippen molar-refractivity contribution >= 4 is 29.9 Å². The molecule has 2 N–H and O–H groups in total. The minimum Gasteiger partial charge on any atom is -0.444 e. The summed E-state index contributed by atoms with van der Waals surface area (Å²) in [6.45, 7) is 12.7. The second kappa shape index (κ2) is 12.2. The van der Waals surface area contributed by atoms with E-state index in [1.807, 2.05) is 12.1 Å². The molecule has 1 atom stereocenters. The molecule has 2 rings (SSSR count). The van der Waals surface area contributed by atoms with E-state index in [1.165, 1.54) is 5.56 Å². The lowest BCUT2D eigenvalue weighted by atomic mass is 9.89. The molecule has 0 bridgehead atoms. The van der Waals surface area contributed by atoms with Crippen LogP contribution < -0.4 is 10.6 Å². The van der Waals surface area contributed by atoms with Gasteiger partial charge in [-0.1, -0.05) is 38.5 Å². The number of nitrogens with one attached hydrogen (secondary N) is 2. The third-order valence-electron chi connectivity index (χ3n) is 4.53. The Morgan fingerprint density at radius 1 is 1.21 bits per heavy atom. The highest BCUT2D eigenvalue weighted by atomic mass is 127. The van der Waals surface area contributed by atoms with Gasteiger partial charge in [-0.25, -0.2) is 4.98 Å². The van der Waals surface area contributed by atoms with Crippen LogP contribution in [0.25, 0.3) is 11.5 Å². The summed E-state index contributed by atoms with van der Waals surface area (Å²) >= 11 is 0. The van der Waals surface area contributed by atoms with Crippen LogP contribution in [0.1, 0.15) is 39.0 Å². The van der Waals surface area contributed by atoms with Crippen LogP contribution in [-0.4, -0.2) is 43.8 Å². The monoisotopic (exact) mass is 514 g/mol. The highest BCUT2D eigenvalue weighted by Crippen LogP contribution is 2.22. The number of nitrogens with zero attached hydrogens (tertiary/aromatic N) is 2. The van der Waals surface area contributed by atoms with Crippen LogP contribution in [0.2, 0.25) is 0 Å². The molecule has 2 aromatic rings. The quantitative estimate of drug-likeness (QED) is 0.310. The molecule has 162 valence electrons. The number of rotatable bonds is 8. The average Bonchev–Trinajstić information content (AvgIpc) is 3.10. The van der Waals surface area contributed by atoms with Crippen molar-refractivity contribution in [2.75, 3.05) is 26.7 Å². The van der Waals surface area contributed by atoms with Gasteiger partial charge in [0.2, 0.25) is 5.89 Å². The minimum atomic E-state index is 0. The summed E-state index contributed by atoms with van der Waals surface area (Å²) in [6.07, 6.45) is 2.55.